The predicted molar refractivity (Wildman–Crippen MR) is 84.3 cm³/mol. The van der Waals surface area contributed by atoms with Crippen molar-refractivity contribution in [2.75, 3.05) is 19.7 Å². The van der Waals surface area contributed by atoms with Crippen LogP contribution < -0.4 is 15.4 Å². The first-order chi connectivity index (χ1) is 10.0. The Morgan fingerprint density at radius 1 is 1.38 bits per heavy atom. The molecule has 2 N–H and O–H groups in total. The standard InChI is InChI=1S/C16H27N3O2/c1-5-8-18-16(20)11-21-15-7-6-13(4)19-14(15)10-17-9-12(2)3/h6-7,12,17H,5,8-11H2,1-4H3,(H,18,20). The van der Waals surface area contributed by atoms with E-state index < -0.39 is 0 Å². The number of aromatic nitrogens is 1. The third kappa shape index (κ3) is 7.09. The Hall–Kier alpha value is -1.62. The molecule has 0 saturated heterocycles. The molecule has 0 bridgehead atoms. The van der Waals surface area contributed by atoms with Gasteiger partial charge in [0.15, 0.2) is 6.61 Å². The van der Waals surface area contributed by atoms with Gasteiger partial charge in [-0.3, -0.25) is 9.78 Å². The van der Waals surface area contributed by atoms with Gasteiger partial charge in [0.1, 0.15) is 5.75 Å². The first-order valence-electron chi connectivity index (χ1n) is 7.59. The largest absolute Gasteiger partial charge is 0.482 e. The Balaban J connectivity index is 2.57. The lowest BCUT2D eigenvalue weighted by Crippen LogP contribution is -2.29. The second-order valence-electron chi connectivity index (χ2n) is 5.56. The molecule has 0 aliphatic heterocycles. The fraction of sp³-hybridized carbons (Fsp3) is 0.625. The van der Waals surface area contributed by atoms with Crippen molar-refractivity contribution in [3.8, 4) is 5.75 Å². The van der Waals surface area contributed by atoms with E-state index in [1.165, 1.54) is 0 Å². The Morgan fingerprint density at radius 3 is 2.81 bits per heavy atom. The van der Waals surface area contributed by atoms with Gasteiger partial charge in [-0.15, -0.1) is 0 Å². The zero-order valence-electron chi connectivity index (χ0n) is 13.5. The van der Waals surface area contributed by atoms with Crippen LogP contribution in [0, 0.1) is 12.8 Å². The van der Waals surface area contributed by atoms with Crippen LogP contribution in [0.25, 0.3) is 0 Å². The van der Waals surface area contributed by atoms with E-state index in [0.29, 0.717) is 24.8 Å². The van der Waals surface area contributed by atoms with Crippen molar-refractivity contribution in [3.63, 3.8) is 0 Å². The minimum Gasteiger partial charge on any atom is -0.482 e. The minimum atomic E-state index is -0.0986. The number of carbonyl (C=O) groups is 1. The van der Waals surface area contributed by atoms with Crippen molar-refractivity contribution in [2.45, 2.75) is 40.7 Å². The van der Waals surface area contributed by atoms with Gasteiger partial charge < -0.3 is 15.4 Å². The van der Waals surface area contributed by atoms with Crippen molar-refractivity contribution in [1.29, 1.82) is 0 Å². The molecule has 0 aliphatic rings. The molecule has 0 saturated carbocycles. The molecule has 0 atom stereocenters. The molecule has 0 unspecified atom stereocenters. The van der Waals surface area contributed by atoms with Crippen LogP contribution in [0.4, 0.5) is 0 Å². The van der Waals surface area contributed by atoms with E-state index in [1.807, 2.05) is 26.0 Å². The Bertz CT molecular complexity index is 447. The maximum Gasteiger partial charge on any atom is 0.257 e. The number of hydrogen-bond donors (Lipinski definition) is 2. The number of ether oxygens (including phenoxy) is 1. The quantitative estimate of drug-likeness (QED) is 0.731. The van der Waals surface area contributed by atoms with Gasteiger partial charge in [-0.25, -0.2) is 0 Å². The fourth-order valence-corrected chi connectivity index (χ4v) is 1.79. The summed E-state index contributed by atoms with van der Waals surface area (Å²) in [4.78, 5) is 16.1. The molecule has 5 heteroatoms. The monoisotopic (exact) mass is 293 g/mol. The van der Waals surface area contributed by atoms with Crippen LogP contribution in [0.1, 0.15) is 38.6 Å². The smallest absolute Gasteiger partial charge is 0.257 e. The van der Waals surface area contributed by atoms with Gasteiger partial charge in [0.2, 0.25) is 0 Å². The molecular formula is C16H27N3O2. The molecule has 21 heavy (non-hydrogen) atoms. The third-order valence-corrected chi connectivity index (χ3v) is 2.85. The van der Waals surface area contributed by atoms with Gasteiger partial charge in [0.05, 0.1) is 5.69 Å². The number of aryl methyl sites for hydroxylation is 1. The molecule has 1 rings (SSSR count). The average Bonchev–Trinajstić information content (AvgIpc) is 2.43. The zero-order valence-corrected chi connectivity index (χ0v) is 13.5. The Morgan fingerprint density at radius 2 is 2.14 bits per heavy atom. The number of amides is 1. The molecule has 1 amide bonds. The third-order valence-electron chi connectivity index (χ3n) is 2.85. The number of carbonyl (C=O) groups excluding carboxylic acids is 1. The van der Waals surface area contributed by atoms with Crippen LogP contribution in [0.15, 0.2) is 12.1 Å². The second-order valence-corrected chi connectivity index (χ2v) is 5.56. The molecule has 1 heterocycles. The first-order valence-corrected chi connectivity index (χ1v) is 7.59. The van der Waals surface area contributed by atoms with Crippen LogP contribution in [0.5, 0.6) is 5.75 Å². The van der Waals surface area contributed by atoms with E-state index in [9.17, 15) is 4.79 Å². The lowest BCUT2D eigenvalue weighted by Gasteiger charge is -2.13. The Labute approximate surface area is 127 Å². The number of rotatable bonds is 9. The predicted octanol–water partition coefficient (Wildman–Crippen LogP) is 2.04. The fourth-order valence-electron chi connectivity index (χ4n) is 1.79. The summed E-state index contributed by atoms with van der Waals surface area (Å²) >= 11 is 0. The summed E-state index contributed by atoms with van der Waals surface area (Å²) < 4.78 is 5.59. The lowest BCUT2D eigenvalue weighted by molar-refractivity contribution is -0.123. The van der Waals surface area contributed by atoms with Crippen molar-refractivity contribution >= 4 is 5.91 Å². The van der Waals surface area contributed by atoms with Crippen molar-refractivity contribution in [1.82, 2.24) is 15.6 Å². The lowest BCUT2D eigenvalue weighted by atomic mass is 10.2. The number of nitrogens with one attached hydrogen (secondary N) is 2. The maximum atomic E-state index is 11.6. The molecule has 0 spiro atoms. The van der Waals surface area contributed by atoms with E-state index in [0.717, 1.165) is 24.4 Å². The summed E-state index contributed by atoms with van der Waals surface area (Å²) in [5, 5.41) is 6.14. The maximum absolute atomic E-state index is 11.6. The van der Waals surface area contributed by atoms with Gasteiger partial charge >= 0.3 is 0 Å². The normalized spacial score (nSPS) is 10.7. The summed E-state index contributed by atoms with van der Waals surface area (Å²) in [6.07, 6.45) is 0.919. The highest BCUT2D eigenvalue weighted by atomic mass is 16.5. The molecular weight excluding hydrogens is 266 g/mol. The van der Waals surface area contributed by atoms with Gasteiger partial charge in [-0.05, 0) is 37.9 Å². The summed E-state index contributed by atoms with van der Waals surface area (Å²) in [6, 6.07) is 3.77. The van der Waals surface area contributed by atoms with Gasteiger partial charge in [0, 0.05) is 18.8 Å². The molecule has 0 fully saturated rings. The van der Waals surface area contributed by atoms with Crippen LogP contribution in [-0.2, 0) is 11.3 Å². The van der Waals surface area contributed by atoms with Gasteiger partial charge in [0.25, 0.3) is 5.91 Å². The van der Waals surface area contributed by atoms with Crippen molar-refractivity contribution < 1.29 is 9.53 Å². The average molecular weight is 293 g/mol. The molecule has 1 aromatic rings. The first kappa shape index (κ1) is 17.4. The number of pyridine rings is 1. The number of nitrogens with zero attached hydrogens (tertiary/aromatic N) is 1. The van der Waals surface area contributed by atoms with E-state index in [1.54, 1.807) is 0 Å². The van der Waals surface area contributed by atoms with Crippen molar-refractivity contribution in [3.05, 3.63) is 23.5 Å². The van der Waals surface area contributed by atoms with Gasteiger partial charge in [-0.2, -0.15) is 0 Å². The van der Waals surface area contributed by atoms with E-state index in [-0.39, 0.29) is 12.5 Å². The summed E-state index contributed by atoms with van der Waals surface area (Å²) in [7, 11) is 0. The van der Waals surface area contributed by atoms with E-state index in [2.05, 4.69) is 29.5 Å². The molecule has 0 radical (unpaired) electrons. The van der Waals surface area contributed by atoms with Crippen LogP contribution in [0.3, 0.4) is 0 Å². The van der Waals surface area contributed by atoms with Crippen molar-refractivity contribution in [2.24, 2.45) is 5.92 Å². The molecule has 0 aromatic carbocycles. The van der Waals surface area contributed by atoms with E-state index >= 15 is 0 Å². The second kappa shape index (κ2) is 9.34. The van der Waals surface area contributed by atoms with Crippen LogP contribution in [-0.4, -0.2) is 30.6 Å². The zero-order chi connectivity index (χ0) is 15.7. The topological polar surface area (TPSA) is 63.2 Å². The highest BCUT2D eigenvalue weighted by Crippen LogP contribution is 2.16. The SMILES string of the molecule is CCCNC(=O)COc1ccc(C)nc1CNCC(C)C. The molecule has 1 aromatic heterocycles. The van der Waals surface area contributed by atoms with Crippen LogP contribution >= 0.6 is 0 Å². The van der Waals surface area contributed by atoms with E-state index in [4.69, 9.17) is 4.74 Å². The molecule has 0 aliphatic carbocycles. The summed E-state index contributed by atoms with van der Waals surface area (Å²) in [6.45, 7) is 10.6. The molecule has 118 valence electrons. The minimum absolute atomic E-state index is 0.0297. The molecule has 5 nitrogen and oxygen atoms in total. The summed E-state index contributed by atoms with van der Waals surface area (Å²) in [5.41, 5.74) is 1.79. The van der Waals surface area contributed by atoms with Crippen LogP contribution in [0.2, 0.25) is 0 Å². The highest BCUT2D eigenvalue weighted by Gasteiger charge is 2.08. The number of hydrogen-bond acceptors (Lipinski definition) is 4. The Kier molecular flexibility index (Phi) is 7.75. The van der Waals surface area contributed by atoms with Gasteiger partial charge in [-0.1, -0.05) is 20.8 Å². The summed E-state index contributed by atoms with van der Waals surface area (Å²) in [5.74, 6) is 1.15. The highest BCUT2D eigenvalue weighted by molar-refractivity contribution is 5.77.